The second-order valence-electron chi connectivity index (χ2n) is 4.22. The van der Waals surface area contributed by atoms with Crippen LogP contribution in [0.5, 0.6) is 0 Å². The second-order valence-corrected chi connectivity index (χ2v) is 4.22. The molecule has 0 radical (unpaired) electrons. The van der Waals surface area contributed by atoms with Gasteiger partial charge in [0.1, 0.15) is 5.69 Å². The molecule has 1 N–H and O–H groups in total. The van der Waals surface area contributed by atoms with Gasteiger partial charge in [-0.3, -0.25) is 4.68 Å². The van der Waals surface area contributed by atoms with Gasteiger partial charge in [0.2, 0.25) is 5.82 Å². The predicted molar refractivity (Wildman–Crippen MR) is 61.5 cm³/mol. The molecule has 108 valence electrons. The normalized spacial score (nSPS) is 12.5. The Labute approximate surface area is 111 Å². The lowest BCUT2D eigenvalue weighted by atomic mass is 10.2. The van der Waals surface area contributed by atoms with Gasteiger partial charge >= 0.3 is 0 Å². The van der Waals surface area contributed by atoms with Crippen LogP contribution >= 0.6 is 0 Å². The van der Waals surface area contributed by atoms with Gasteiger partial charge in [-0.1, -0.05) is 0 Å². The van der Waals surface area contributed by atoms with Gasteiger partial charge in [0.15, 0.2) is 23.3 Å². The standard InChI is InChI=1S/C12H10F5N3/c1-6(5-20-4-2-3-18-20)19-12-10(16)8(14)7(13)9(15)11(12)17/h2-4,6,19H,5H2,1H3. The molecular formula is C12H10F5N3. The summed E-state index contributed by atoms with van der Waals surface area (Å²) in [5.41, 5.74) is -1.04. The van der Waals surface area contributed by atoms with Gasteiger partial charge in [0.05, 0.1) is 6.54 Å². The molecule has 0 aliphatic heterocycles. The highest BCUT2D eigenvalue weighted by Crippen LogP contribution is 2.27. The summed E-state index contributed by atoms with van der Waals surface area (Å²) in [5.74, 6) is -9.89. The number of nitrogens with one attached hydrogen (secondary N) is 1. The van der Waals surface area contributed by atoms with Crippen molar-refractivity contribution in [3.05, 3.63) is 47.5 Å². The Bertz CT molecular complexity index is 583. The summed E-state index contributed by atoms with van der Waals surface area (Å²) in [7, 11) is 0. The van der Waals surface area contributed by atoms with Crippen LogP contribution in [0.25, 0.3) is 0 Å². The van der Waals surface area contributed by atoms with Gasteiger partial charge in [-0.25, -0.2) is 22.0 Å². The first kappa shape index (κ1) is 14.3. The fourth-order valence-corrected chi connectivity index (χ4v) is 1.71. The van der Waals surface area contributed by atoms with Crippen molar-refractivity contribution < 1.29 is 22.0 Å². The van der Waals surface area contributed by atoms with E-state index in [1.54, 1.807) is 12.3 Å². The van der Waals surface area contributed by atoms with E-state index in [9.17, 15) is 22.0 Å². The van der Waals surface area contributed by atoms with Crippen LogP contribution in [0, 0.1) is 29.1 Å². The molecule has 2 aromatic rings. The van der Waals surface area contributed by atoms with E-state index in [1.165, 1.54) is 17.8 Å². The van der Waals surface area contributed by atoms with E-state index in [-0.39, 0.29) is 6.54 Å². The minimum absolute atomic E-state index is 0.201. The van der Waals surface area contributed by atoms with E-state index >= 15 is 0 Å². The molecule has 1 atom stereocenters. The number of aromatic nitrogens is 2. The van der Waals surface area contributed by atoms with Crippen molar-refractivity contribution in [2.75, 3.05) is 5.32 Å². The van der Waals surface area contributed by atoms with Crippen molar-refractivity contribution in [3.63, 3.8) is 0 Å². The summed E-state index contributed by atoms with van der Waals surface area (Å²) in [6, 6.07) is 1.05. The zero-order chi connectivity index (χ0) is 14.9. The molecule has 0 bridgehead atoms. The van der Waals surface area contributed by atoms with Crippen molar-refractivity contribution in [2.24, 2.45) is 0 Å². The van der Waals surface area contributed by atoms with Crippen LogP contribution in [0.2, 0.25) is 0 Å². The SMILES string of the molecule is CC(Cn1cccn1)Nc1c(F)c(F)c(F)c(F)c1F. The molecule has 1 unspecified atom stereocenters. The number of hydrogen-bond donors (Lipinski definition) is 1. The Kier molecular flexibility index (Phi) is 3.91. The Balaban J connectivity index is 2.25. The van der Waals surface area contributed by atoms with Crippen molar-refractivity contribution in [3.8, 4) is 0 Å². The van der Waals surface area contributed by atoms with E-state index in [0.29, 0.717) is 0 Å². The summed E-state index contributed by atoms with van der Waals surface area (Å²) in [5, 5.41) is 6.14. The summed E-state index contributed by atoms with van der Waals surface area (Å²) in [4.78, 5) is 0. The average molecular weight is 291 g/mol. The molecular weight excluding hydrogens is 281 g/mol. The Morgan fingerprint density at radius 1 is 1.05 bits per heavy atom. The Morgan fingerprint density at radius 2 is 1.60 bits per heavy atom. The smallest absolute Gasteiger partial charge is 0.200 e. The minimum atomic E-state index is -2.18. The third-order valence-electron chi connectivity index (χ3n) is 2.62. The zero-order valence-corrected chi connectivity index (χ0v) is 10.3. The highest BCUT2D eigenvalue weighted by Gasteiger charge is 2.26. The number of benzene rings is 1. The molecule has 0 spiro atoms. The molecule has 3 nitrogen and oxygen atoms in total. The number of hydrogen-bond acceptors (Lipinski definition) is 2. The molecule has 1 aromatic heterocycles. The lowest BCUT2D eigenvalue weighted by molar-refractivity contribution is 0.380. The summed E-state index contributed by atoms with van der Waals surface area (Å²) in [6.07, 6.45) is 3.11. The van der Waals surface area contributed by atoms with Gasteiger partial charge in [0, 0.05) is 18.4 Å². The minimum Gasteiger partial charge on any atom is -0.376 e. The van der Waals surface area contributed by atoms with Crippen molar-refractivity contribution in [1.29, 1.82) is 0 Å². The number of rotatable bonds is 4. The monoisotopic (exact) mass is 291 g/mol. The summed E-state index contributed by atoms with van der Waals surface area (Å²) >= 11 is 0. The maximum Gasteiger partial charge on any atom is 0.200 e. The Morgan fingerprint density at radius 3 is 2.10 bits per heavy atom. The van der Waals surface area contributed by atoms with Gasteiger partial charge < -0.3 is 5.32 Å². The van der Waals surface area contributed by atoms with Crippen LogP contribution in [0.1, 0.15) is 6.92 Å². The van der Waals surface area contributed by atoms with Crippen LogP contribution in [-0.4, -0.2) is 15.8 Å². The third kappa shape index (κ3) is 2.59. The van der Waals surface area contributed by atoms with E-state index in [2.05, 4.69) is 10.4 Å². The first-order valence-corrected chi connectivity index (χ1v) is 5.67. The topological polar surface area (TPSA) is 29.9 Å². The zero-order valence-electron chi connectivity index (χ0n) is 10.3. The maximum absolute atomic E-state index is 13.4. The van der Waals surface area contributed by atoms with Gasteiger partial charge in [-0.2, -0.15) is 5.10 Å². The lowest BCUT2D eigenvalue weighted by Gasteiger charge is -2.17. The van der Waals surface area contributed by atoms with Crippen LogP contribution in [0.3, 0.4) is 0 Å². The number of halogens is 5. The highest BCUT2D eigenvalue weighted by atomic mass is 19.2. The van der Waals surface area contributed by atoms with Gasteiger partial charge in [0.25, 0.3) is 0 Å². The molecule has 8 heteroatoms. The van der Waals surface area contributed by atoms with Crippen LogP contribution in [0.15, 0.2) is 18.5 Å². The second kappa shape index (κ2) is 5.48. The highest BCUT2D eigenvalue weighted by molar-refractivity contribution is 5.48. The molecule has 1 aromatic carbocycles. The largest absolute Gasteiger partial charge is 0.376 e. The molecule has 0 fully saturated rings. The van der Waals surface area contributed by atoms with Crippen LogP contribution < -0.4 is 5.32 Å². The first-order valence-electron chi connectivity index (χ1n) is 5.67. The molecule has 0 saturated heterocycles. The van der Waals surface area contributed by atoms with E-state index < -0.39 is 40.8 Å². The van der Waals surface area contributed by atoms with Crippen molar-refractivity contribution >= 4 is 5.69 Å². The molecule has 20 heavy (non-hydrogen) atoms. The third-order valence-corrected chi connectivity index (χ3v) is 2.62. The van der Waals surface area contributed by atoms with E-state index in [0.717, 1.165) is 0 Å². The number of nitrogens with zero attached hydrogens (tertiary/aromatic N) is 2. The first-order chi connectivity index (χ1) is 9.41. The maximum atomic E-state index is 13.4. The predicted octanol–water partition coefficient (Wildman–Crippen LogP) is 3.08. The fraction of sp³-hybridized carbons (Fsp3) is 0.250. The van der Waals surface area contributed by atoms with E-state index in [4.69, 9.17) is 0 Å². The molecule has 2 rings (SSSR count). The van der Waals surface area contributed by atoms with Crippen molar-refractivity contribution in [2.45, 2.75) is 19.5 Å². The summed E-state index contributed by atoms with van der Waals surface area (Å²) < 4.78 is 67.2. The van der Waals surface area contributed by atoms with Crippen LogP contribution in [-0.2, 0) is 6.54 Å². The van der Waals surface area contributed by atoms with Gasteiger partial charge in [-0.05, 0) is 13.0 Å². The summed E-state index contributed by atoms with van der Waals surface area (Å²) in [6.45, 7) is 1.73. The van der Waals surface area contributed by atoms with Crippen molar-refractivity contribution in [1.82, 2.24) is 9.78 Å². The molecule has 0 amide bonds. The van der Waals surface area contributed by atoms with E-state index in [1.807, 2.05) is 0 Å². The molecule has 0 saturated carbocycles. The van der Waals surface area contributed by atoms with Crippen LogP contribution in [0.4, 0.5) is 27.6 Å². The lowest BCUT2D eigenvalue weighted by Crippen LogP contribution is -2.24. The average Bonchev–Trinajstić information content (AvgIpc) is 2.92. The molecule has 0 aliphatic carbocycles. The molecule has 0 aliphatic rings. The Hall–Kier alpha value is -2.12. The number of anilines is 1. The van der Waals surface area contributed by atoms with Gasteiger partial charge in [-0.15, -0.1) is 0 Å². The fourth-order valence-electron chi connectivity index (χ4n) is 1.71. The quantitative estimate of drug-likeness (QED) is 0.533. The molecule has 1 heterocycles.